The van der Waals surface area contributed by atoms with Crippen LogP contribution in [0.25, 0.3) is 6.08 Å². The summed E-state index contributed by atoms with van der Waals surface area (Å²) in [4.78, 5) is 20.9. The minimum atomic E-state index is -0.634. The zero-order valence-electron chi connectivity index (χ0n) is 22.1. The van der Waals surface area contributed by atoms with Gasteiger partial charge in [0.2, 0.25) is 6.29 Å². The maximum Gasteiger partial charge on any atom is 0.283 e. The Balaban J connectivity index is 1.26. The number of rotatable bonds is 7. The number of aryl methyl sites for hydroxylation is 2. The molecule has 6 nitrogen and oxygen atoms in total. The van der Waals surface area contributed by atoms with Crippen molar-refractivity contribution < 1.29 is 19.0 Å². The third-order valence-corrected chi connectivity index (χ3v) is 8.37. The van der Waals surface area contributed by atoms with Gasteiger partial charge in [-0.15, -0.1) is 11.3 Å². The Kier molecular flexibility index (Phi) is 7.73. The predicted octanol–water partition coefficient (Wildman–Crippen LogP) is 7.44. The van der Waals surface area contributed by atoms with E-state index in [0.29, 0.717) is 23.0 Å². The Morgan fingerprint density at radius 1 is 0.900 bits per heavy atom. The summed E-state index contributed by atoms with van der Waals surface area (Å²) >= 11 is 2.97. The van der Waals surface area contributed by atoms with E-state index < -0.39 is 6.29 Å². The van der Waals surface area contributed by atoms with Crippen molar-refractivity contribution in [1.82, 2.24) is 0 Å². The van der Waals surface area contributed by atoms with Gasteiger partial charge >= 0.3 is 0 Å². The van der Waals surface area contributed by atoms with E-state index in [1.807, 2.05) is 116 Å². The van der Waals surface area contributed by atoms with E-state index in [1.165, 1.54) is 11.8 Å². The molecule has 1 amide bonds. The molecule has 1 aromatic heterocycles. The van der Waals surface area contributed by atoms with Gasteiger partial charge in [0.1, 0.15) is 22.6 Å². The van der Waals surface area contributed by atoms with Gasteiger partial charge < -0.3 is 14.2 Å². The number of amides is 1. The van der Waals surface area contributed by atoms with Gasteiger partial charge in [0.25, 0.3) is 5.91 Å². The first-order valence-electron chi connectivity index (χ1n) is 13.0. The van der Waals surface area contributed by atoms with Gasteiger partial charge in [0, 0.05) is 11.3 Å². The van der Waals surface area contributed by atoms with E-state index in [2.05, 4.69) is 0 Å². The molecule has 4 aromatic rings. The predicted molar refractivity (Wildman–Crippen MR) is 162 cm³/mol. The number of hydrogen-bond donors (Lipinski definition) is 0. The Morgan fingerprint density at radius 3 is 2.23 bits per heavy atom. The number of ether oxygens (including phenoxy) is 3. The number of thiophene rings is 1. The fraction of sp³-hybridized carbons (Fsp3) is 0.188. The fourth-order valence-electron chi connectivity index (χ4n) is 4.43. The van der Waals surface area contributed by atoms with Crippen LogP contribution >= 0.6 is 23.1 Å². The second kappa shape index (κ2) is 11.7. The Labute approximate surface area is 241 Å². The van der Waals surface area contributed by atoms with E-state index in [9.17, 15) is 4.79 Å². The number of benzene rings is 3. The van der Waals surface area contributed by atoms with Crippen molar-refractivity contribution in [3.05, 3.63) is 118 Å². The van der Waals surface area contributed by atoms with E-state index >= 15 is 0 Å². The van der Waals surface area contributed by atoms with E-state index in [4.69, 9.17) is 19.2 Å². The fourth-order valence-corrected chi connectivity index (χ4v) is 6.21. The number of nitrogens with zero attached hydrogens (tertiary/aromatic N) is 2. The van der Waals surface area contributed by atoms with Crippen LogP contribution in [0, 0.1) is 13.8 Å². The van der Waals surface area contributed by atoms with Crippen LogP contribution in [0.15, 0.2) is 107 Å². The van der Waals surface area contributed by atoms with Crippen LogP contribution in [0.4, 0.5) is 5.69 Å². The molecule has 0 radical (unpaired) electrons. The molecule has 3 heterocycles. The largest absolute Gasteiger partial charge is 0.484 e. The first kappa shape index (κ1) is 26.4. The lowest BCUT2D eigenvalue weighted by atomic mass is 10.2. The van der Waals surface area contributed by atoms with Crippen molar-refractivity contribution in [2.24, 2.45) is 4.99 Å². The molecule has 0 spiro atoms. The highest BCUT2D eigenvalue weighted by atomic mass is 32.2. The van der Waals surface area contributed by atoms with Crippen LogP contribution in [-0.2, 0) is 9.53 Å². The monoisotopic (exact) mass is 568 g/mol. The van der Waals surface area contributed by atoms with Crippen molar-refractivity contribution in [1.29, 1.82) is 0 Å². The molecule has 6 rings (SSSR count). The third-order valence-electron chi connectivity index (χ3n) is 6.50. The van der Waals surface area contributed by atoms with Gasteiger partial charge in [-0.3, -0.25) is 9.69 Å². The van der Waals surface area contributed by atoms with Gasteiger partial charge in [-0.25, -0.2) is 4.99 Å². The molecule has 3 atom stereocenters. The molecule has 202 valence electrons. The van der Waals surface area contributed by atoms with Gasteiger partial charge in [-0.1, -0.05) is 71.4 Å². The number of hydrogen-bond acceptors (Lipinski definition) is 7. The molecule has 8 heteroatoms. The topological polar surface area (TPSA) is 60.4 Å². The molecular formula is C32H28N2O4S2. The minimum absolute atomic E-state index is 0.167. The summed E-state index contributed by atoms with van der Waals surface area (Å²) < 4.78 is 19.0. The molecule has 0 N–H and O–H groups in total. The molecule has 40 heavy (non-hydrogen) atoms. The Bertz CT molecular complexity index is 1460. The zero-order valence-corrected chi connectivity index (χ0v) is 23.7. The maximum absolute atomic E-state index is 13.5. The van der Waals surface area contributed by atoms with Crippen LogP contribution in [0.5, 0.6) is 11.5 Å². The number of carbonyl (C=O) groups excluding carboxylic acids is 1. The molecular weight excluding hydrogens is 540 g/mol. The van der Waals surface area contributed by atoms with Crippen LogP contribution in [0.1, 0.15) is 22.4 Å². The van der Waals surface area contributed by atoms with Crippen molar-refractivity contribution in [3.8, 4) is 11.5 Å². The lowest BCUT2D eigenvalue weighted by Gasteiger charge is -2.21. The molecule has 2 aliphatic heterocycles. The van der Waals surface area contributed by atoms with Crippen LogP contribution in [-0.4, -0.2) is 28.9 Å². The summed E-state index contributed by atoms with van der Waals surface area (Å²) in [7, 11) is 0. The van der Waals surface area contributed by atoms with Crippen LogP contribution in [0.2, 0.25) is 0 Å². The molecule has 0 aliphatic carbocycles. The van der Waals surface area contributed by atoms with E-state index in [0.717, 1.165) is 27.4 Å². The van der Waals surface area contributed by atoms with Gasteiger partial charge in [0.15, 0.2) is 11.3 Å². The number of amidine groups is 1. The SMILES string of the molecule is Cc1ccc(O[C@H]2O[C@H](SC3=N/C(=C\c4cccs4)C(=O)N3c3ccccc3)C[C@@H]2Oc2ccc(C)cc2)cc1. The number of anilines is 1. The summed E-state index contributed by atoms with van der Waals surface area (Å²) in [6.07, 6.45) is 1.39. The first-order chi connectivity index (χ1) is 19.5. The van der Waals surface area contributed by atoms with Crippen LogP contribution in [0.3, 0.4) is 0 Å². The van der Waals surface area contributed by atoms with Crippen molar-refractivity contribution in [2.45, 2.75) is 38.1 Å². The minimum Gasteiger partial charge on any atom is -0.484 e. The number of thioether (sulfide) groups is 1. The van der Waals surface area contributed by atoms with Crippen molar-refractivity contribution in [3.63, 3.8) is 0 Å². The highest BCUT2D eigenvalue weighted by Crippen LogP contribution is 2.38. The lowest BCUT2D eigenvalue weighted by molar-refractivity contribution is -0.113. The maximum atomic E-state index is 13.5. The second-order valence-corrected chi connectivity index (χ2v) is 11.7. The van der Waals surface area contributed by atoms with Crippen molar-refractivity contribution in [2.75, 3.05) is 4.90 Å². The van der Waals surface area contributed by atoms with Gasteiger partial charge in [0.05, 0.1) is 5.69 Å². The molecule has 1 saturated heterocycles. The second-order valence-electron chi connectivity index (χ2n) is 9.60. The standard InChI is InChI=1S/C32H28N2O4S2/c1-21-10-14-24(15-11-21)36-28-20-29(38-31(28)37-25-16-12-22(2)13-17-25)40-32-33-27(19-26-9-6-18-39-26)30(35)34(32)23-7-4-3-5-8-23/h3-19,28-29,31H,20H2,1-2H3/b27-19-/t28-,29+,31-/m0/s1. The van der Waals surface area contributed by atoms with E-state index in [-0.39, 0.29) is 17.4 Å². The van der Waals surface area contributed by atoms with Crippen LogP contribution < -0.4 is 14.4 Å². The molecule has 0 bridgehead atoms. The lowest BCUT2D eigenvalue weighted by Crippen LogP contribution is -2.32. The smallest absolute Gasteiger partial charge is 0.283 e. The summed E-state index contributed by atoms with van der Waals surface area (Å²) in [5.41, 5.74) is 3.12. The first-order valence-corrected chi connectivity index (χ1v) is 14.8. The Hall–Kier alpha value is -3.85. The zero-order chi connectivity index (χ0) is 27.5. The highest BCUT2D eigenvalue weighted by molar-refractivity contribution is 8.14. The highest BCUT2D eigenvalue weighted by Gasteiger charge is 2.42. The quantitative estimate of drug-likeness (QED) is 0.217. The molecule has 0 saturated carbocycles. The summed E-state index contributed by atoms with van der Waals surface area (Å²) in [6, 6.07) is 29.3. The van der Waals surface area contributed by atoms with E-state index in [1.54, 1.807) is 16.2 Å². The average molecular weight is 569 g/mol. The summed E-state index contributed by atoms with van der Waals surface area (Å²) in [5, 5.41) is 2.55. The third kappa shape index (κ3) is 5.99. The molecule has 1 fully saturated rings. The number of para-hydroxylation sites is 1. The average Bonchev–Trinajstić information content (AvgIpc) is 3.68. The molecule has 2 aliphatic rings. The Morgan fingerprint density at radius 2 is 1.57 bits per heavy atom. The molecule has 0 unspecified atom stereocenters. The number of aliphatic imine (C=N–C) groups is 1. The number of carbonyl (C=O) groups is 1. The van der Waals surface area contributed by atoms with Crippen molar-refractivity contribution >= 4 is 45.9 Å². The summed E-state index contributed by atoms with van der Waals surface area (Å²) in [6.45, 7) is 4.08. The van der Waals surface area contributed by atoms with Gasteiger partial charge in [-0.2, -0.15) is 0 Å². The van der Waals surface area contributed by atoms with Gasteiger partial charge in [-0.05, 0) is 67.8 Å². The normalized spacial score (nSPS) is 21.6. The summed E-state index contributed by atoms with van der Waals surface area (Å²) in [5.74, 6) is 1.29. The molecule has 3 aromatic carbocycles.